The van der Waals surface area contributed by atoms with Crippen LogP contribution in [0.1, 0.15) is 0 Å². The van der Waals surface area contributed by atoms with Crippen LogP contribution in [0, 0.1) is 11.6 Å². The standard InChI is InChI=1S/C12H12F2N2O3S/c1-19-3-2-16-9-5-7(13)4-8(14)11(9)15-12(16)20-6-10(17)18/h4-5H,2-3,6H2,1H3,(H,17,18). The van der Waals surface area contributed by atoms with E-state index < -0.39 is 17.6 Å². The molecule has 5 nitrogen and oxygen atoms in total. The normalized spacial score (nSPS) is 11.2. The molecule has 20 heavy (non-hydrogen) atoms. The summed E-state index contributed by atoms with van der Waals surface area (Å²) in [6.45, 7) is 0.655. The van der Waals surface area contributed by atoms with Gasteiger partial charge in [0.25, 0.3) is 0 Å². The molecule has 0 radical (unpaired) electrons. The number of thioether (sulfide) groups is 1. The van der Waals surface area contributed by atoms with Crippen molar-refractivity contribution in [3.63, 3.8) is 0 Å². The van der Waals surface area contributed by atoms with E-state index in [1.807, 2.05) is 0 Å². The molecule has 0 spiro atoms. The number of aromatic nitrogens is 2. The van der Waals surface area contributed by atoms with Crippen molar-refractivity contribution >= 4 is 28.8 Å². The number of rotatable bonds is 6. The van der Waals surface area contributed by atoms with Crippen molar-refractivity contribution in [2.24, 2.45) is 0 Å². The number of methoxy groups -OCH3 is 1. The van der Waals surface area contributed by atoms with Gasteiger partial charge in [-0.15, -0.1) is 0 Å². The highest BCUT2D eigenvalue weighted by Crippen LogP contribution is 2.26. The predicted molar refractivity (Wildman–Crippen MR) is 69.9 cm³/mol. The number of fused-ring (bicyclic) bond motifs is 1. The van der Waals surface area contributed by atoms with Crippen molar-refractivity contribution in [3.8, 4) is 0 Å². The molecule has 0 aliphatic heterocycles. The summed E-state index contributed by atoms with van der Waals surface area (Å²) in [6, 6.07) is 1.92. The van der Waals surface area contributed by atoms with Crippen molar-refractivity contribution in [2.45, 2.75) is 11.7 Å². The average molecular weight is 302 g/mol. The predicted octanol–water partition coefficient (Wildman–Crippen LogP) is 2.14. The van der Waals surface area contributed by atoms with E-state index in [-0.39, 0.29) is 16.8 Å². The summed E-state index contributed by atoms with van der Waals surface area (Å²) in [5.74, 6) is -2.69. The fourth-order valence-electron chi connectivity index (χ4n) is 1.76. The lowest BCUT2D eigenvalue weighted by atomic mass is 10.3. The van der Waals surface area contributed by atoms with Crippen LogP contribution in [0.15, 0.2) is 17.3 Å². The monoisotopic (exact) mass is 302 g/mol. The third kappa shape index (κ3) is 3.07. The summed E-state index contributed by atoms with van der Waals surface area (Å²) < 4.78 is 33.5. The highest BCUT2D eigenvalue weighted by molar-refractivity contribution is 7.99. The number of benzene rings is 1. The van der Waals surface area contributed by atoms with Gasteiger partial charge in [-0.2, -0.15) is 0 Å². The van der Waals surface area contributed by atoms with Crippen LogP contribution in [0.3, 0.4) is 0 Å². The fourth-order valence-corrected chi connectivity index (χ4v) is 2.52. The second kappa shape index (κ2) is 6.19. The van der Waals surface area contributed by atoms with E-state index in [1.165, 1.54) is 13.2 Å². The smallest absolute Gasteiger partial charge is 0.313 e. The van der Waals surface area contributed by atoms with Gasteiger partial charge in [-0.05, 0) is 0 Å². The molecule has 0 atom stereocenters. The summed E-state index contributed by atoms with van der Waals surface area (Å²) in [6.07, 6.45) is 0. The van der Waals surface area contributed by atoms with Gasteiger partial charge < -0.3 is 14.4 Å². The number of hydrogen-bond donors (Lipinski definition) is 1. The molecule has 0 fully saturated rings. The van der Waals surface area contributed by atoms with E-state index in [9.17, 15) is 13.6 Å². The van der Waals surface area contributed by atoms with Crippen LogP contribution in [0.25, 0.3) is 11.0 Å². The minimum atomic E-state index is -1.01. The third-order valence-electron chi connectivity index (χ3n) is 2.58. The first-order chi connectivity index (χ1) is 9.52. The van der Waals surface area contributed by atoms with Gasteiger partial charge in [0.15, 0.2) is 11.0 Å². The Morgan fingerprint density at radius 2 is 2.25 bits per heavy atom. The van der Waals surface area contributed by atoms with Gasteiger partial charge in [0.1, 0.15) is 11.3 Å². The first-order valence-electron chi connectivity index (χ1n) is 5.71. The molecule has 0 saturated carbocycles. The van der Waals surface area contributed by atoms with E-state index >= 15 is 0 Å². The lowest BCUT2D eigenvalue weighted by Gasteiger charge is -2.07. The van der Waals surface area contributed by atoms with Crippen molar-refractivity contribution in [3.05, 3.63) is 23.8 Å². The first kappa shape index (κ1) is 14.7. The zero-order chi connectivity index (χ0) is 14.7. The Kier molecular flexibility index (Phi) is 4.56. The molecule has 0 aliphatic rings. The summed E-state index contributed by atoms with van der Waals surface area (Å²) in [5.41, 5.74) is 0.308. The van der Waals surface area contributed by atoms with Gasteiger partial charge in [0.2, 0.25) is 0 Å². The molecule has 0 amide bonds. The van der Waals surface area contributed by atoms with Crippen LogP contribution >= 0.6 is 11.8 Å². The number of ether oxygens (including phenoxy) is 1. The number of carboxylic acid groups (broad SMARTS) is 1. The molecule has 1 aromatic carbocycles. The topological polar surface area (TPSA) is 64.3 Å². The molecule has 0 saturated heterocycles. The maximum absolute atomic E-state index is 13.7. The van der Waals surface area contributed by atoms with Gasteiger partial charge in [-0.25, -0.2) is 13.8 Å². The van der Waals surface area contributed by atoms with Crippen molar-refractivity contribution in [1.29, 1.82) is 0 Å². The summed E-state index contributed by atoms with van der Waals surface area (Å²) in [7, 11) is 1.50. The largest absolute Gasteiger partial charge is 0.481 e. The molecule has 0 bridgehead atoms. The first-order valence-corrected chi connectivity index (χ1v) is 6.70. The molecule has 2 rings (SSSR count). The van der Waals surface area contributed by atoms with Crippen LogP contribution < -0.4 is 0 Å². The zero-order valence-electron chi connectivity index (χ0n) is 10.6. The Labute approximate surface area is 117 Å². The summed E-state index contributed by atoms with van der Waals surface area (Å²) in [4.78, 5) is 14.7. The molecular weight excluding hydrogens is 290 g/mol. The second-order valence-electron chi connectivity index (χ2n) is 3.98. The SMILES string of the molecule is COCCn1c(SCC(=O)O)nc2c(F)cc(F)cc21. The van der Waals surface area contributed by atoms with Gasteiger partial charge >= 0.3 is 5.97 Å². The Balaban J connectivity index is 2.48. The van der Waals surface area contributed by atoms with E-state index in [4.69, 9.17) is 9.84 Å². The minimum Gasteiger partial charge on any atom is -0.481 e. The molecule has 0 aliphatic carbocycles. The van der Waals surface area contributed by atoms with E-state index in [1.54, 1.807) is 4.57 Å². The number of hydrogen-bond acceptors (Lipinski definition) is 4. The molecule has 1 aromatic heterocycles. The molecule has 2 aromatic rings. The Bertz CT molecular complexity index is 645. The molecule has 1 N–H and O–H groups in total. The second-order valence-corrected chi connectivity index (χ2v) is 4.92. The highest BCUT2D eigenvalue weighted by atomic mass is 32.2. The van der Waals surface area contributed by atoms with Crippen LogP contribution in [0.2, 0.25) is 0 Å². The number of carboxylic acids is 1. The molecular formula is C12H12F2N2O3S. The van der Waals surface area contributed by atoms with E-state index in [2.05, 4.69) is 4.98 Å². The number of carbonyl (C=O) groups is 1. The van der Waals surface area contributed by atoms with Crippen LogP contribution in [-0.4, -0.2) is 40.1 Å². The van der Waals surface area contributed by atoms with E-state index in [0.717, 1.165) is 17.8 Å². The third-order valence-corrected chi connectivity index (χ3v) is 3.54. The Hall–Kier alpha value is -1.67. The van der Waals surface area contributed by atoms with Gasteiger partial charge in [0.05, 0.1) is 17.9 Å². The van der Waals surface area contributed by atoms with E-state index in [0.29, 0.717) is 18.3 Å². The van der Waals surface area contributed by atoms with Crippen LogP contribution in [0.4, 0.5) is 8.78 Å². The van der Waals surface area contributed by atoms with Crippen molar-refractivity contribution in [2.75, 3.05) is 19.5 Å². The Morgan fingerprint density at radius 3 is 2.90 bits per heavy atom. The van der Waals surface area contributed by atoms with Gasteiger partial charge in [-0.3, -0.25) is 4.79 Å². The molecule has 0 unspecified atom stereocenters. The number of aliphatic carboxylic acids is 1. The molecule has 1 heterocycles. The van der Waals surface area contributed by atoms with Crippen LogP contribution in [-0.2, 0) is 16.1 Å². The quantitative estimate of drug-likeness (QED) is 0.828. The van der Waals surface area contributed by atoms with Gasteiger partial charge in [0, 0.05) is 25.8 Å². The minimum absolute atomic E-state index is 0.0235. The Morgan fingerprint density at radius 1 is 1.50 bits per heavy atom. The summed E-state index contributed by atoms with van der Waals surface area (Å²) >= 11 is 0.954. The van der Waals surface area contributed by atoms with Crippen molar-refractivity contribution in [1.82, 2.24) is 9.55 Å². The maximum Gasteiger partial charge on any atom is 0.313 e. The maximum atomic E-state index is 13.7. The zero-order valence-corrected chi connectivity index (χ0v) is 11.4. The van der Waals surface area contributed by atoms with Gasteiger partial charge in [-0.1, -0.05) is 11.8 Å². The van der Waals surface area contributed by atoms with Crippen LogP contribution in [0.5, 0.6) is 0 Å². The number of imidazole rings is 1. The fraction of sp³-hybridized carbons (Fsp3) is 0.333. The number of nitrogens with zero attached hydrogens (tertiary/aromatic N) is 2. The molecule has 108 valence electrons. The molecule has 8 heteroatoms. The lowest BCUT2D eigenvalue weighted by molar-refractivity contribution is -0.133. The van der Waals surface area contributed by atoms with Crippen molar-refractivity contribution < 1.29 is 23.4 Å². The summed E-state index contributed by atoms with van der Waals surface area (Å²) in [5, 5.41) is 9.02. The lowest BCUT2D eigenvalue weighted by Crippen LogP contribution is -2.07. The average Bonchev–Trinajstić information content (AvgIpc) is 2.72. The number of halogens is 2. The highest BCUT2D eigenvalue weighted by Gasteiger charge is 2.16.